The molecule has 3 nitrogen and oxygen atoms in total. The number of nitrogens with zero attached hydrogens (tertiary/aromatic N) is 1. The average molecular weight is 191 g/mol. The molecular weight excluding hydrogens is 174 g/mol. The van der Waals surface area contributed by atoms with Crippen LogP contribution >= 0.6 is 0 Å². The van der Waals surface area contributed by atoms with Crippen molar-refractivity contribution in [2.75, 3.05) is 7.05 Å². The minimum absolute atomic E-state index is 0.318. The van der Waals surface area contributed by atoms with Crippen LogP contribution in [0.3, 0.4) is 0 Å². The van der Waals surface area contributed by atoms with Gasteiger partial charge in [-0.05, 0) is 12.8 Å². The van der Waals surface area contributed by atoms with Gasteiger partial charge in [-0.15, -0.1) is 0 Å². The summed E-state index contributed by atoms with van der Waals surface area (Å²) < 4.78 is 21.2. The fourth-order valence-electron chi connectivity index (χ4n) is 1.75. The first-order valence-corrected chi connectivity index (χ1v) is 5.62. The maximum Gasteiger partial charge on any atom is 0.234 e. The summed E-state index contributed by atoms with van der Waals surface area (Å²) in [4.78, 5) is 0. The Kier molecular flexibility index (Phi) is 4.18. The highest BCUT2D eigenvalue weighted by molar-refractivity contribution is 7.76. The van der Waals surface area contributed by atoms with Crippen molar-refractivity contribution in [3.8, 4) is 0 Å². The zero-order valence-electron chi connectivity index (χ0n) is 7.53. The molecule has 1 atom stereocenters. The molecule has 12 heavy (non-hydrogen) atoms. The van der Waals surface area contributed by atoms with Gasteiger partial charge in [-0.2, -0.15) is 0 Å². The van der Waals surface area contributed by atoms with Gasteiger partial charge in [-0.3, -0.25) is 4.55 Å². The molecule has 0 spiro atoms. The summed E-state index contributed by atoms with van der Waals surface area (Å²) in [5.74, 6) is 0. The van der Waals surface area contributed by atoms with E-state index in [1.165, 1.54) is 25.7 Å². The lowest BCUT2D eigenvalue weighted by Crippen LogP contribution is -2.32. The summed E-state index contributed by atoms with van der Waals surface area (Å²) in [5.41, 5.74) is 0. The van der Waals surface area contributed by atoms with Gasteiger partial charge in [0.1, 0.15) is 0 Å². The standard InChI is InChI=1S/C8H17NO2S/c1-9(12(10)11)8-6-4-2-3-5-7-8/h8H,2-7H2,1H3,(H,10,11). The van der Waals surface area contributed by atoms with Crippen LogP contribution in [0.25, 0.3) is 0 Å². The zero-order chi connectivity index (χ0) is 8.97. The SMILES string of the molecule is CN(C1CCCCCC1)S(=O)O. The minimum atomic E-state index is -1.78. The molecule has 0 aromatic heterocycles. The predicted octanol–water partition coefficient (Wildman–Crippen LogP) is 1.78. The normalized spacial score (nSPS) is 23.9. The van der Waals surface area contributed by atoms with Gasteiger partial charge in [0, 0.05) is 13.1 Å². The van der Waals surface area contributed by atoms with Gasteiger partial charge in [-0.1, -0.05) is 25.7 Å². The summed E-state index contributed by atoms with van der Waals surface area (Å²) in [7, 11) is 1.73. The molecule has 4 heteroatoms. The lowest BCUT2D eigenvalue weighted by Gasteiger charge is -2.22. The highest BCUT2D eigenvalue weighted by Crippen LogP contribution is 2.21. The second-order valence-electron chi connectivity index (χ2n) is 3.42. The number of hydrogen-bond donors (Lipinski definition) is 1. The van der Waals surface area contributed by atoms with E-state index in [0.717, 1.165) is 12.8 Å². The van der Waals surface area contributed by atoms with Crippen molar-refractivity contribution in [3.05, 3.63) is 0 Å². The van der Waals surface area contributed by atoms with Crippen LogP contribution in [-0.2, 0) is 11.3 Å². The Morgan fingerprint density at radius 2 is 1.75 bits per heavy atom. The molecule has 0 aromatic rings. The van der Waals surface area contributed by atoms with Crippen LogP contribution in [0.5, 0.6) is 0 Å². The molecule has 1 aliphatic rings. The average Bonchev–Trinajstić information content (AvgIpc) is 2.30. The molecule has 1 aliphatic carbocycles. The third-order valence-corrected chi connectivity index (χ3v) is 3.38. The Morgan fingerprint density at radius 3 is 2.17 bits per heavy atom. The molecule has 0 heterocycles. The molecule has 0 bridgehead atoms. The first-order valence-electron chi connectivity index (χ1n) is 4.55. The smallest absolute Gasteiger partial charge is 0.234 e. The lowest BCUT2D eigenvalue weighted by atomic mass is 10.1. The molecule has 1 rings (SSSR count). The van der Waals surface area contributed by atoms with Gasteiger partial charge in [-0.25, -0.2) is 8.51 Å². The van der Waals surface area contributed by atoms with Crippen LogP contribution < -0.4 is 0 Å². The van der Waals surface area contributed by atoms with Gasteiger partial charge in [0.15, 0.2) is 0 Å². The number of hydrogen-bond acceptors (Lipinski definition) is 1. The highest BCUT2D eigenvalue weighted by Gasteiger charge is 2.19. The maximum atomic E-state index is 10.7. The van der Waals surface area contributed by atoms with E-state index in [9.17, 15) is 4.21 Å². The molecule has 0 amide bonds. The van der Waals surface area contributed by atoms with Crippen molar-refractivity contribution in [3.63, 3.8) is 0 Å². The van der Waals surface area contributed by atoms with Crippen LogP contribution in [0.15, 0.2) is 0 Å². The van der Waals surface area contributed by atoms with E-state index in [1.54, 1.807) is 11.4 Å². The topological polar surface area (TPSA) is 40.5 Å². The molecule has 72 valence electrons. The molecule has 1 N–H and O–H groups in total. The summed E-state index contributed by atoms with van der Waals surface area (Å²) in [5, 5.41) is 0. The highest BCUT2D eigenvalue weighted by atomic mass is 32.2. The molecule has 0 aromatic carbocycles. The third kappa shape index (κ3) is 2.84. The molecule has 0 saturated heterocycles. The van der Waals surface area contributed by atoms with Crippen molar-refractivity contribution in [2.24, 2.45) is 0 Å². The third-order valence-electron chi connectivity index (χ3n) is 2.59. The quantitative estimate of drug-likeness (QED) is 0.534. The van der Waals surface area contributed by atoms with Crippen molar-refractivity contribution in [1.82, 2.24) is 4.31 Å². The van der Waals surface area contributed by atoms with E-state index < -0.39 is 11.3 Å². The fraction of sp³-hybridized carbons (Fsp3) is 1.00. The molecule has 1 unspecified atom stereocenters. The van der Waals surface area contributed by atoms with Crippen LogP contribution in [0.1, 0.15) is 38.5 Å². The summed E-state index contributed by atoms with van der Waals surface area (Å²) in [6.07, 6.45) is 7.11. The summed E-state index contributed by atoms with van der Waals surface area (Å²) in [6, 6.07) is 0.318. The summed E-state index contributed by atoms with van der Waals surface area (Å²) >= 11 is -1.78. The van der Waals surface area contributed by atoms with E-state index in [0.29, 0.717) is 6.04 Å². The van der Waals surface area contributed by atoms with Crippen LogP contribution in [0.4, 0.5) is 0 Å². The fourth-order valence-corrected chi connectivity index (χ4v) is 2.21. The van der Waals surface area contributed by atoms with Crippen LogP contribution in [-0.4, -0.2) is 26.2 Å². The van der Waals surface area contributed by atoms with Crippen molar-refractivity contribution in [2.45, 2.75) is 44.6 Å². The van der Waals surface area contributed by atoms with Crippen LogP contribution in [0.2, 0.25) is 0 Å². The Balaban J connectivity index is 2.42. The van der Waals surface area contributed by atoms with E-state index in [2.05, 4.69) is 0 Å². The van der Waals surface area contributed by atoms with Gasteiger partial charge in [0.25, 0.3) is 0 Å². The molecule has 1 saturated carbocycles. The Bertz CT molecular complexity index is 155. The minimum Gasteiger partial charge on any atom is -0.294 e. The van der Waals surface area contributed by atoms with Crippen molar-refractivity contribution in [1.29, 1.82) is 0 Å². The zero-order valence-corrected chi connectivity index (χ0v) is 8.35. The molecule has 0 radical (unpaired) electrons. The Morgan fingerprint density at radius 1 is 1.25 bits per heavy atom. The van der Waals surface area contributed by atoms with Gasteiger partial charge in [0.2, 0.25) is 11.3 Å². The van der Waals surface area contributed by atoms with E-state index in [4.69, 9.17) is 4.55 Å². The lowest BCUT2D eigenvalue weighted by molar-refractivity contribution is 0.328. The first kappa shape index (κ1) is 10.2. The number of rotatable bonds is 2. The van der Waals surface area contributed by atoms with Gasteiger partial charge < -0.3 is 0 Å². The monoisotopic (exact) mass is 191 g/mol. The van der Waals surface area contributed by atoms with E-state index in [-0.39, 0.29) is 0 Å². The second-order valence-corrected chi connectivity index (χ2v) is 4.46. The van der Waals surface area contributed by atoms with E-state index in [1.807, 2.05) is 0 Å². The Hall–Kier alpha value is 0.0700. The van der Waals surface area contributed by atoms with Crippen LogP contribution in [0, 0.1) is 0 Å². The van der Waals surface area contributed by atoms with E-state index >= 15 is 0 Å². The second kappa shape index (κ2) is 4.94. The largest absolute Gasteiger partial charge is 0.294 e. The van der Waals surface area contributed by atoms with Crippen molar-refractivity contribution >= 4 is 11.3 Å². The molecular formula is C8H17NO2S. The van der Waals surface area contributed by atoms with Crippen molar-refractivity contribution < 1.29 is 8.76 Å². The summed E-state index contributed by atoms with van der Waals surface area (Å²) in [6.45, 7) is 0. The van der Waals surface area contributed by atoms with Gasteiger partial charge in [0.05, 0.1) is 0 Å². The van der Waals surface area contributed by atoms with Gasteiger partial charge >= 0.3 is 0 Å². The molecule has 0 aliphatic heterocycles. The predicted molar refractivity (Wildman–Crippen MR) is 50.0 cm³/mol. The molecule has 1 fully saturated rings. The maximum absolute atomic E-state index is 10.7. The first-order chi connectivity index (χ1) is 5.72. The Labute approximate surface area is 76.6 Å².